The molecule has 0 unspecified atom stereocenters. The Hall–Kier alpha value is -0.210. The Labute approximate surface area is 111 Å². The molecule has 0 atom stereocenters. The Morgan fingerprint density at radius 1 is 1.44 bits per heavy atom. The molecular formula is C13H17BrClN. The molecule has 1 nitrogen and oxygen atoms in total. The van der Waals surface area contributed by atoms with Gasteiger partial charge in [-0.2, -0.15) is 0 Å². The van der Waals surface area contributed by atoms with Crippen molar-refractivity contribution in [3.63, 3.8) is 0 Å². The van der Waals surface area contributed by atoms with Crippen LogP contribution in [0.5, 0.6) is 0 Å². The van der Waals surface area contributed by atoms with Crippen molar-refractivity contribution in [2.45, 2.75) is 25.1 Å². The first-order valence-corrected chi connectivity index (χ1v) is 7.34. The quantitative estimate of drug-likeness (QED) is 0.725. The van der Waals surface area contributed by atoms with E-state index in [-0.39, 0.29) is 0 Å². The second kappa shape index (κ2) is 5.42. The summed E-state index contributed by atoms with van der Waals surface area (Å²) in [5.41, 5.74) is 2.41. The number of hydrogen-bond donors (Lipinski definition) is 0. The molecular weight excluding hydrogens is 286 g/mol. The highest BCUT2D eigenvalue weighted by Gasteiger charge is 2.24. The van der Waals surface area contributed by atoms with E-state index in [9.17, 15) is 0 Å². The molecule has 0 radical (unpaired) electrons. The molecule has 0 aromatic heterocycles. The molecule has 88 valence electrons. The van der Waals surface area contributed by atoms with Crippen LogP contribution < -0.4 is 4.90 Å². The highest BCUT2D eigenvalue weighted by molar-refractivity contribution is 9.08. The predicted molar refractivity (Wildman–Crippen MR) is 74.7 cm³/mol. The lowest BCUT2D eigenvalue weighted by Gasteiger charge is -2.23. The minimum absolute atomic E-state index is 0.820. The van der Waals surface area contributed by atoms with E-state index in [4.69, 9.17) is 11.6 Å². The van der Waals surface area contributed by atoms with Gasteiger partial charge in [-0.1, -0.05) is 33.6 Å². The van der Waals surface area contributed by atoms with Gasteiger partial charge in [-0.25, -0.2) is 0 Å². The number of anilines is 1. The zero-order valence-electron chi connectivity index (χ0n) is 9.55. The average Bonchev–Trinajstić information content (AvgIpc) is 3.09. The van der Waals surface area contributed by atoms with E-state index in [0.29, 0.717) is 0 Å². The fourth-order valence-electron chi connectivity index (χ4n) is 1.87. The topological polar surface area (TPSA) is 3.24 Å². The number of hydrogen-bond acceptors (Lipinski definition) is 1. The molecule has 1 saturated carbocycles. The third-order valence-electron chi connectivity index (χ3n) is 3.10. The van der Waals surface area contributed by atoms with Gasteiger partial charge in [0, 0.05) is 29.1 Å². The van der Waals surface area contributed by atoms with Crippen LogP contribution in [0.15, 0.2) is 18.2 Å². The Balaban J connectivity index is 2.13. The standard InChI is InChI=1S/C13H17BrClN/c1-2-16(9-10-3-4-10)12-6-5-11(8-14)13(15)7-12/h5-7,10H,2-4,8-9H2,1H3. The molecule has 0 heterocycles. The fourth-order valence-corrected chi connectivity index (χ4v) is 2.76. The number of halogens is 2. The predicted octanol–water partition coefficient (Wildman–Crippen LogP) is 4.47. The van der Waals surface area contributed by atoms with Crippen LogP contribution in [0.2, 0.25) is 5.02 Å². The average molecular weight is 303 g/mol. The molecule has 0 amide bonds. The van der Waals surface area contributed by atoms with Gasteiger partial charge in [-0.3, -0.25) is 0 Å². The highest BCUT2D eigenvalue weighted by atomic mass is 79.9. The third-order valence-corrected chi connectivity index (χ3v) is 4.06. The van der Waals surface area contributed by atoms with Crippen LogP contribution in [0.4, 0.5) is 5.69 Å². The van der Waals surface area contributed by atoms with Crippen LogP contribution in [0, 0.1) is 5.92 Å². The lowest BCUT2D eigenvalue weighted by atomic mass is 10.2. The molecule has 1 aliphatic rings. The van der Waals surface area contributed by atoms with Gasteiger partial charge >= 0.3 is 0 Å². The zero-order chi connectivity index (χ0) is 11.5. The number of rotatable bonds is 5. The summed E-state index contributed by atoms with van der Waals surface area (Å²) in [4.78, 5) is 2.42. The lowest BCUT2D eigenvalue weighted by Crippen LogP contribution is -2.25. The second-order valence-corrected chi connectivity index (χ2v) is 5.36. The normalized spacial score (nSPS) is 15.2. The molecule has 1 aromatic rings. The van der Waals surface area contributed by atoms with Crippen LogP contribution >= 0.6 is 27.5 Å². The first kappa shape index (κ1) is 12.3. The smallest absolute Gasteiger partial charge is 0.0467 e. The van der Waals surface area contributed by atoms with Gasteiger partial charge in [0.05, 0.1) is 0 Å². The van der Waals surface area contributed by atoms with E-state index in [2.05, 4.69) is 46.0 Å². The monoisotopic (exact) mass is 301 g/mol. The van der Waals surface area contributed by atoms with E-state index in [1.54, 1.807) is 0 Å². The summed E-state index contributed by atoms with van der Waals surface area (Å²) in [5, 5.41) is 1.68. The van der Waals surface area contributed by atoms with Crippen molar-refractivity contribution in [1.29, 1.82) is 0 Å². The summed E-state index contributed by atoms with van der Waals surface area (Å²) in [6, 6.07) is 6.38. The Morgan fingerprint density at radius 2 is 2.19 bits per heavy atom. The molecule has 0 N–H and O–H groups in total. The van der Waals surface area contributed by atoms with Crippen molar-refractivity contribution in [3.8, 4) is 0 Å². The van der Waals surface area contributed by atoms with Crippen molar-refractivity contribution < 1.29 is 0 Å². The van der Waals surface area contributed by atoms with Crippen LogP contribution in [0.25, 0.3) is 0 Å². The van der Waals surface area contributed by atoms with Gasteiger partial charge in [0.2, 0.25) is 0 Å². The Kier molecular flexibility index (Phi) is 4.15. The summed E-state index contributed by atoms with van der Waals surface area (Å²) in [7, 11) is 0. The highest BCUT2D eigenvalue weighted by Crippen LogP contribution is 2.32. The van der Waals surface area contributed by atoms with Crippen molar-refractivity contribution in [2.75, 3.05) is 18.0 Å². The summed E-state index contributed by atoms with van der Waals surface area (Å²) in [5.74, 6) is 0.912. The molecule has 1 fully saturated rings. The summed E-state index contributed by atoms with van der Waals surface area (Å²) in [6.45, 7) is 4.44. The van der Waals surface area contributed by atoms with Crippen LogP contribution in [0.3, 0.4) is 0 Å². The SMILES string of the molecule is CCN(CC1CC1)c1ccc(CBr)c(Cl)c1. The molecule has 0 spiro atoms. The van der Waals surface area contributed by atoms with Gasteiger partial charge in [-0.05, 0) is 43.4 Å². The summed E-state index contributed by atoms with van der Waals surface area (Å²) >= 11 is 9.67. The van der Waals surface area contributed by atoms with Crippen molar-refractivity contribution >= 4 is 33.2 Å². The first-order chi connectivity index (χ1) is 7.74. The third kappa shape index (κ3) is 2.92. The molecule has 1 aliphatic carbocycles. The summed E-state index contributed by atoms with van der Waals surface area (Å²) in [6.07, 6.45) is 2.79. The van der Waals surface area contributed by atoms with E-state index in [1.807, 2.05) is 0 Å². The first-order valence-electron chi connectivity index (χ1n) is 5.84. The number of alkyl halides is 1. The van der Waals surface area contributed by atoms with Crippen LogP contribution in [-0.2, 0) is 5.33 Å². The molecule has 16 heavy (non-hydrogen) atoms. The Morgan fingerprint density at radius 3 is 2.69 bits per heavy atom. The molecule has 2 rings (SSSR count). The zero-order valence-corrected chi connectivity index (χ0v) is 11.9. The van der Waals surface area contributed by atoms with E-state index in [1.165, 1.54) is 25.1 Å². The van der Waals surface area contributed by atoms with Gasteiger partial charge in [0.25, 0.3) is 0 Å². The molecule has 0 bridgehead atoms. The fraction of sp³-hybridized carbons (Fsp3) is 0.538. The van der Waals surface area contributed by atoms with E-state index < -0.39 is 0 Å². The van der Waals surface area contributed by atoms with Crippen molar-refractivity contribution in [1.82, 2.24) is 0 Å². The van der Waals surface area contributed by atoms with Gasteiger partial charge < -0.3 is 4.90 Å². The second-order valence-electron chi connectivity index (χ2n) is 4.39. The minimum Gasteiger partial charge on any atom is -0.371 e. The maximum Gasteiger partial charge on any atom is 0.0467 e. The van der Waals surface area contributed by atoms with E-state index in [0.717, 1.165) is 28.4 Å². The number of benzene rings is 1. The maximum absolute atomic E-state index is 6.23. The van der Waals surface area contributed by atoms with Gasteiger partial charge in [0.1, 0.15) is 0 Å². The molecule has 0 saturated heterocycles. The van der Waals surface area contributed by atoms with Crippen LogP contribution in [0.1, 0.15) is 25.3 Å². The maximum atomic E-state index is 6.23. The Bertz CT molecular complexity index is 363. The molecule has 1 aromatic carbocycles. The van der Waals surface area contributed by atoms with Gasteiger partial charge in [-0.15, -0.1) is 0 Å². The number of nitrogens with zero attached hydrogens (tertiary/aromatic N) is 1. The molecule has 3 heteroatoms. The van der Waals surface area contributed by atoms with Crippen LogP contribution in [-0.4, -0.2) is 13.1 Å². The van der Waals surface area contributed by atoms with Crippen molar-refractivity contribution in [2.24, 2.45) is 5.92 Å². The van der Waals surface area contributed by atoms with E-state index >= 15 is 0 Å². The summed E-state index contributed by atoms with van der Waals surface area (Å²) < 4.78 is 0. The van der Waals surface area contributed by atoms with Crippen molar-refractivity contribution in [3.05, 3.63) is 28.8 Å². The minimum atomic E-state index is 0.820. The molecule has 0 aliphatic heterocycles. The lowest BCUT2D eigenvalue weighted by molar-refractivity contribution is 0.742. The largest absolute Gasteiger partial charge is 0.371 e. The van der Waals surface area contributed by atoms with Gasteiger partial charge in [0.15, 0.2) is 0 Å².